The molecular formula is C7H16O3. The van der Waals surface area contributed by atoms with E-state index in [2.05, 4.69) is 0 Å². The molecule has 0 amide bonds. The second kappa shape index (κ2) is 8.43. The van der Waals surface area contributed by atoms with Gasteiger partial charge in [0.15, 0.2) is 6.10 Å². The van der Waals surface area contributed by atoms with Crippen LogP contribution in [0.2, 0.25) is 0 Å². The SMILES string of the molecule is CC.CCCC(O)C(=O)O. The number of hydrogen-bond donors (Lipinski definition) is 2. The van der Waals surface area contributed by atoms with Gasteiger partial charge in [-0.1, -0.05) is 27.2 Å². The highest BCUT2D eigenvalue weighted by Crippen LogP contribution is 1.93. The summed E-state index contributed by atoms with van der Waals surface area (Å²) in [5, 5.41) is 16.6. The van der Waals surface area contributed by atoms with Crippen LogP contribution in [0.3, 0.4) is 0 Å². The smallest absolute Gasteiger partial charge is 0.332 e. The Hall–Kier alpha value is -0.570. The van der Waals surface area contributed by atoms with Gasteiger partial charge in [0.25, 0.3) is 0 Å². The summed E-state index contributed by atoms with van der Waals surface area (Å²) in [5.41, 5.74) is 0. The Bertz CT molecular complexity index is 80.9. The molecule has 0 aliphatic carbocycles. The Labute approximate surface area is 61.7 Å². The number of aliphatic hydroxyl groups is 1. The second-order valence-electron chi connectivity index (χ2n) is 1.64. The Balaban J connectivity index is 0. The van der Waals surface area contributed by atoms with Gasteiger partial charge in [0.2, 0.25) is 0 Å². The first-order chi connectivity index (χ1) is 4.68. The predicted molar refractivity (Wildman–Crippen MR) is 39.9 cm³/mol. The predicted octanol–water partition coefficient (Wildman–Crippen LogP) is 1.26. The van der Waals surface area contributed by atoms with Crippen molar-refractivity contribution < 1.29 is 15.0 Å². The van der Waals surface area contributed by atoms with E-state index < -0.39 is 12.1 Å². The number of carbonyl (C=O) groups is 1. The number of aliphatic carboxylic acids is 1. The van der Waals surface area contributed by atoms with Crippen molar-refractivity contribution in [1.82, 2.24) is 0 Å². The van der Waals surface area contributed by atoms with Crippen molar-refractivity contribution in [1.29, 1.82) is 0 Å². The molecule has 0 saturated carbocycles. The lowest BCUT2D eigenvalue weighted by Crippen LogP contribution is -2.18. The zero-order valence-corrected chi connectivity index (χ0v) is 6.79. The number of rotatable bonds is 3. The molecule has 0 rings (SSSR count). The van der Waals surface area contributed by atoms with Crippen LogP contribution in [0.5, 0.6) is 0 Å². The number of hydrogen-bond acceptors (Lipinski definition) is 2. The van der Waals surface area contributed by atoms with Crippen molar-refractivity contribution in [3.63, 3.8) is 0 Å². The van der Waals surface area contributed by atoms with Gasteiger partial charge in [0.1, 0.15) is 0 Å². The topological polar surface area (TPSA) is 57.5 Å². The molecule has 0 aromatic rings. The van der Waals surface area contributed by atoms with E-state index in [4.69, 9.17) is 10.2 Å². The standard InChI is InChI=1S/C5H10O3.C2H6/c1-2-3-4(6)5(7)8;1-2/h4,6H,2-3H2,1H3,(H,7,8);1-2H3. The zero-order valence-electron chi connectivity index (χ0n) is 6.79. The fourth-order valence-electron chi connectivity index (χ4n) is 0.397. The second-order valence-corrected chi connectivity index (χ2v) is 1.64. The lowest BCUT2D eigenvalue weighted by Gasteiger charge is -1.99. The van der Waals surface area contributed by atoms with Crippen LogP contribution in [0.1, 0.15) is 33.6 Å². The first-order valence-corrected chi connectivity index (χ1v) is 3.59. The Morgan fingerprint density at radius 1 is 1.50 bits per heavy atom. The lowest BCUT2D eigenvalue weighted by molar-refractivity contribution is -0.146. The third-order valence-corrected chi connectivity index (χ3v) is 0.847. The first kappa shape index (κ1) is 12.1. The molecule has 0 bridgehead atoms. The molecule has 2 N–H and O–H groups in total. The van der Waals surface area contributed by atoms with Crippen LogP contribution >= 0.6 is 0 Å². The minimum absolute atomic E-state index is 0.343. The van der Waals surface area contributed by atoms with Crippen molar-refractivity contribution in [2.24, 2.45) is 0 Å². The molecular weight excluding hydrogens is 132 g/mol. The van der Waals surface area contributed by atoms with Crippen LogP contribution in [0.25, 0.3) is 0 Å². The van der Waals surface area contributed by atoms with Gasteiger partial charge in [-0.05, 0) is 6.42 Å². The van der Waals surface area contributed by atoms with Gasteiger partial charge in [0.05, 0.1) is 0 Å². The van der Waals surface area contributed by atoms with Crippen LogP contribution < -0.4 is 0 Å². The van der Waals surface area contributed by atoms with Gasteiger partial charge >= 0.3 is 5.97 Å². The molecule has 0 radical (unpaired) electrons. The molecule has 62 valence electrons. The average Bonchev–Trinajstić information content (AvgIpc) is 1.93. The third kappa shape index (κ3) is 7.43. The summed E-state index contributed by atoms with van der Waals surface area (Å²) < 4.78 is 0. The van der Waals surface area contributed by atoms with E-state index in [0.717, 1.165) is 0 Å². The molecule has 0 aliphatic heterocycles. The molecule has 10 heavy (non-hydrogen) atoms. The lowest BCUT2D eigenvalue weighted by atomic mass is 10.2. The van der Waals surface area contributed by atoms with Crippen molar-refractivity contribution in [3.05, 3.63) is 0 Å². The largest absolute Gasteiger partial charge is 0.479 e. The summed E-state index contributed by atoms with van der Waals surface area (Å²) in [5.74, 6) is -1.13. The number of aliphatic hydroxyl groups excluding tert-OH is 1. The molecule has 0 spiro atoms. The van der Waals surface area contributed by atoms with E-state index >= 15 is 0 Å². The summed E-state index contributed by atoms with van der Waals surface area (Å²) in [7, 11) is 0. The van der Waals surface area contributed by atoms with Gasteiger partial charge in [0, 0.05) is 0 Å². The van der Waals surface area contributed by atoms with Gasteiger partial charge in [-0.2, -0.15) is 0 Å². The first-order valence-electron chi connectivity index (χ1n) is 3.59. The highest BCUT2D eigenvalue weighted by molar-refractivity contribution is 5.71. The van der Waals surface area contributed by atoms with E-state index in [1.165, 1.54) is 0 Å². The van der Waals surface area contributed by atoms with Gasteiger partial charge in [-0.3, -0.25) is 0 Å². The maximum Gasteiger partial charge on any atom is 0.332 e. The summed E-state index contributed by atoms with van der Waals surface area (Å²) in [6, 6.07) is 0. The Morgan fingerprint density at radius 3 is 2.00 bits per heavy atom. The fourth-order valence-corrected chi connectivity index (χ4v) is 0.397. The molecule has 3 heteroatoms. The zero-order chi connectivity index (χ0) is 8.57. The Morgan fingerprint density at radius 2 is 1.90 bits per heavy atom. The van der Waals surface area contributed by atoms with Gasteiger partial charge in [-0.15, -0.1) is 0 Å². The van der Waals surface area contributed by atoms with Gasteiger partial charge < -0.3 is 10.2 Å². The molecule has 0 aromatic carbocycles. The van der Waals surface area contributed by atoms with Crippen molar-refractivity contribution in [2.75, 3.05) is 0 Å². The molecule has 1 atom stereocenters. The summed E-state index contributed by atoms with van der Waals surface area (Å²) in [6.07, 6.45) is -0.122. The van der Waals surface area contributed by atoms with E-state index in [-0.39, 0.29) is 0 Å². The summed E-state index contributed by atoms with van der Waals surface area (Å²) in [4.78, 5) is 9.84. The van der Waals surface area contributed by atoms with Crippen molar-refractivity contribution in [3.8, 4) is 0 Å². The highest BCUT2D eigenvalue weighted by Gasteiger charge is 2.09. The molecule has 0 aromatic heterocycles. The van der Waals surface area contributed by atoms with E-state index in [9.17, 15) is 4.79 Å². The minimum atomic E-state index is -1.17. The number of carboxylic acid groups (broad SMARTS) is 1. The van der Waals surface area contributed by atoms with Gasteiger partial charge in [-0.25, -0.2) is 4.79 Å². The Kier molecular flexibility index (Phi) is 10.2. The van der Waals surface area contributed by atoms with E-state index in [0.29, 0.717) is 12.8 Å². The average molecular weight is 148 g/mol. The van der Waals surface area contributed by atoms with Crippen LogP contribution in [-0.4, -0.2) is 22.3 Å². The summed E-state index contributed by atoms with van der Waals surface area (Å²) >= 11 is 0. The molecule has 0 fully saturated rings. The van der Waals surface area contributed by atoms with Crippen molar-refractivity contribution in [2.45, 2.75) is 39.7 Å². The van der Waals surface area contributed by atoms with Crippen LogP contribution in [0.15, 0.2) is 0 Å². The highest BCUT2D eigenvalue weighted by atomic mass is 16.4. The molecule has 0 aliphatic rings. The quantitative estimate of drug-likeness (QED) is 0.633. The molecule has 0 saturated heterocycles. The normalized spacial score (nSPS) is 11.2. The van der Waals surface area contributed by atoms with E-state index in [1.54, 1.807) is 0 Å². The third-order valence-electron chi connectivity index (χ3n) is 0.847. The molecule has 3 nitrogen and oxygen atoms in total. The maximum atomic E-state index is 9.84. The van der Waals surface area contributed by atoms with Crippen LogP contribution in [0, 0.1) is 0 Å². The van der Waals surface area contributed by atoms with Crippen LogP contribution in [-0.2, 0) is 4.79 Å². The monoisotopic (exact) mass is 148 g/mol. The van der Waals surface area contributed by atoms with Crippen molar-refractivity contribution >= 4 is 5.97 Å². The van der Waals surface area contributed by atoms with Crippen LogP contribution in [0.4, 0.5) is 0 Å². The molecule has 1 unspecified atom stereocenters. The summed E-state index contributed by atoms with van der Waals surface area (Å²) in [6.45, 7) is 5.83. The van der Waals surface area contributed by atoms with E-state index in [1.807, 2.05) is 20.8 Å². The number of carboxylic acids is 1. The maximum absolute atomic E-state index is 9.84. The minimum Gasteiger partial charge on any atom is -0.479 e. The molecule has 0 heterocycles. The fraction of sp³-hybridized carbons (Fsp3) is 0.857.